The van der Waals surface area contributed by atoms with Gasteiger partial charge in [-0.15, -0.1) is 0 Å². The van der Waals surface area contributed by atoms with Gasteiger partial charge in [0.1, 0.15) is 5.76 Å². The summed E-state index contributed by atoms with van der Waals surface area (Å²) in [6, 6.07) is 3.92. The quantitative estimate of drug-likeness (QED) is 0.524. The summed E-state index contributed by atoms with van der Waals surface area (Å²) >= 11 is 0. The van der Waals surface area contributed by atoms with Crippen LogP contribution >= 0.6 is 0 Å². The van der Waals surface area contributed by atoms with Crippen molar-refractivity contribution in [1.29, 1.82) is 0 Å². The molecule has 0 radical (unpaired) electrons. The highest BCUT2D eigenvalue weighted by molar-refractivity contribution is 5.86. The molecule has 2 heterocycles. The van der Waals surface area contributed by atoms with Crippen molar-refractivity contribution in [2.75, 3.05) is 34.1 Å². The maximum atomic E-state index is 13.4. The second kappa shape index (κ2) is 10.5. The zero-order valence-corrected chi connectivity index (χ0v) is 20.9. The molecule has 9 nitrogen and oxygen atoms in total. The molecule has 0 spiro atoms. The molecule has 0 aromatic heterocycles. The minimum atomic E-state index is -1.98. The van der Waals surface area contributed by atoms with Crippen LogP contribution in [-0.2, 0) is 30.2 Å². The molecule has 192 valence electrons. The minimum absolute atomic E-state index is 0.0656. The van der Waals surface area contributed by atoms with Crippen LogP contribution in [-0.4, -0.2) is 73.8 Å². The highest BCUT2D eigenvalue weighted by atomic mass is 16.7. The summed E-state index contributed by atoms with van der Waals surface area (Å²) in [6.07, 6.45) is 3.12. The van der Waals surface area contributed by atoms with Crippen LogP contribution < -0.4 is 9.47 Å². The van der Waals surface area contributed by atoms with Crippen LogP contribution in [0.4, 0.5) is 0 Å². The molecule has 0 saturated heterocycles. The Morgan fingerprint density at radius 1 is 1.17 bits per heavy atom. The van der Waals surface area contributed by atoms with Crippen LogP contribution in [0.15, 0.2) is 24.0 Å². The van der Waals surface area contributed by atoms with E-state index in [1.165, 1.54) is 7.11 Å². The smallest absolute Gasteiger partial charge is 0.339 e. The SMILES string of the molecule is CCCN1CCc2cc3c(cc2[C@@H]2[C@H](OC(=O)[C@@](O)(CCC)CC(=O)OC)C(OC)=C[C@@H]21)OCO3. The van der Waals surface area contributed by atoms with Crippen LogP contribution in [0.25, 0.3) is 0 Å². The van der Waals surface area contributed by atoms with Gasteiger partial charge in [-0.3, -0.25) is 9.69 Å². The van der Waals surface area contributed by atoms with Gasteiger partial charge in [-0.25, -0.2) is 4.79 Å². The fraction of sp³-hybridized carbons (Fsp3) is 0.615. The Morgan fingerprint density at radius 2 is 1.91 bits per heavy atom. The molecular formula is C26H35NO8. The number of rotatable bonds is 9. The second-order valence-electron chi connectivity index (χ2n) is 9.34. The number of benzene rings is 1. The highest BCUT2D eigenvalue weighted by Crippen LogP contribution is 2.47. The zero-order valence-electron chi connectivity index (χ0n) is 20.9. The summed E-state index contributed by atoms with van der Waals surface area (Å²) in [5.41, 5.74) is 0.128. The number of hydrogen-bond acceptors (Lipinski definition) is 9. The van der Waals surface area contributed by atoms with Crippen molar-refractivity contribution in [2.45, 2.75) is 69.6 Å². The molecule has 0 saturated carbocycles. The first-order chi connectivity index (χ1) is 16.8. The maximum Gasteiger partial charge on any atom is 0.339 e. The third-order valence-electron chi connectivity index (χ3n) is 7.08. The van der Waals surface area contributed by atoms with Gasteiger partial charge in [0.05, 0.1) is 20.6 Å². The number of methoxy groups -OCH3 is 2. The number of nitrogens with zero attached hydrogens (tertiary/aromatic N) is 1. The maximum absolute atomic E-state index is 13.4. The number of ether oxygens (including phenoxy) is 5. The topological polar surface area (TPSA) is 104 Å². The van der Waals surface area contributed by atoms with Crippen molar-refractivity contribution in [3.63, 3.8) is 0 Å². The molecule has 1 aliphatic carbocycles. The summed E-state index contributed by atoms with van der Waals surface area (Å²) in [5, 5.41) is 11.1. The fourth-order valence-electron chi connectivity index (χ4n) is 5.42. The van der Waals surface area contributed by atoms with E-state index in [1.54, 1.807) is 7.11 Å². The molecule has 1 aromatic carbocycles. The summed E-state index contributed by atoms with van der Waals surface area (Å²) in [7, 11) is 2.78. The first-order valence-corrected chi connectivity index (χ1v) is 12.3. The summed E-state index contributed by atoms with van der Waals surface area (Å²) < 4.78 is 27.7. The lowest BCUT2D eigenvalue weighted by Crippen LogP contribution is -2.46. The fourth-order valence-corrected chi connectivity index (χ4v) is 5.42. The molecule has 4 rings (SSSR count). The van der Waals surface area contributed by atoms with E-state index in [2.05, 4.69) is 11.8 Å². The van der Waals surface area contributed by atoms with Gasteiger partial charge in [0.25, 0.3) is 0 Å². The predicted molar refractivity (Wildman–Crippen MR) is 126 cm³/mol. The Kier molecular flexibility index (Phi) is 7.56. The van der Waals surface area contributed by atoms with E-state index in [4.69, 9.17) is 23.7 Å². The number of esters is 2. The molecule has 0 bridgehead atoms. The first-order valence-electron chi connectivity index (χ1n) is 12.3. The molecule has 9 heteroatoms. The Morgan fingerprint density at radius 3 is 2.57 bits per heavy atom. The van der Waals surface area contributed by atoms with Crippen LogP contribution in [0, 0.1) is 0 Å². The van der Waals surface area contributed by atoms with E-state index in [1.807, 2.05) is 25.1 Å². The third kappa shape index (κ3) is 4.84. The molecule has 0 amide bonds. The minimum Gasteiger partial charge on any atom is -0.497 e. The molecule has 0 unspecified atom stereocenters. The highest BCUT2D eigenvalue weighted by Gasteiger charge is 2.49. The van der Waals surface area contributed by atoms with Crippen molar-refractivity contribution in [1.82, 2.24) is 4.90 Å². The lowest BCUT2D eigenvalue weighted by molar-refractivity contribution is -0.178. The van der Waals surface area contributed by atoms with E-state index >= 15 is 0 Å². The van der Waals surface area contributed by atoms with Crippen molar-refractivity contribution in [2.24, 2.45) is 0 Å². The summed E-state index contributed by atoms with van der Waals surface area (Å²) in [4.78, 5) is 27.7. The van der Waals surface area contributed by atoms with Gasteiger partial charge < -0.3 is 28.8 Å². The lowest BCUT2D eigenvalue weighted by Gasteiger charge is -2.33. The third-order valence-corrected chi connectivity index (χ3v) is 7.08. The average molecular weight is 490 g/mol. The van der Waals surface area contributed by atoms with Gasteiger partial charge >= 0.3 is 11.9 Å². The lowest BCUT2D eigenvalue weighted by atomic mass is 9.87. The Labute approximate surface area is 205 Å². The molecular weight excluding hydrogens is 454 g/mol. The Balaban J connectivity index is 1.72. The predicted octanol–water partition coefficient (Wildman–Crippen LogP) is 2.69. The zero-order chi connectivity index (χ0) is 25.2. The molecule has 2 aliphatic heterocycles. The largest absolute Gasteiger partial charge is 0.497 e. The Hall–Kier alpha value is -2.78. The second-order valence-corrected chi connectivity index (χ2v) is 9.34. The van der Waals surface area contributed by atoms with Gasteiger partial charge in [0.15, 0.2) is 23.2 Å². The normalized spacial score (nSPS) is 24.5. The van der Waals surface area contributed by atoms with Crippen LogP contribution in [0.5, 0.6) is 11.5 Å². The summed E-state index contributed by atoms with van der Waals surface area (Å²) in [5.74, 6) is 0.105. The number of carbonyl (C=O) groups excluding carboxylic acids is 2. The first kappa shape index (κ1) is 25.3. The number of fused-ring (bicyclic) bond motifs is 4. The molecule has 0 fully saturated rings. The van der Waals surface area contributed by atoms with Gasteiger partial charge in [0, 0.05) is 18.5 Å². The molecule has 1 N–H and O–H groups in total. The molecule has 4 atom stereocenters. The summed E-state index contributed by atoms with van der Waals surface area (Å²) in [6.45, 7) is 5.84. The molecule has 3 aliphatic rings. The van der Waals surface area contributed by atoms with Gasteiger partial charge in [-0.2, -0.15) is 0 Å². The van der Waals surface area contributed by atoms with Gasteiger partial charge in [0.2, 0.25) is 6.79 Å². The van der Waals surface area contributed by atoms with E-state index < -0.39 is 30.1 Å². The monoisotopic (exact) mass is 489 g/mol. The van der Waals surface area contributed by atoms with Crippen molar-refractivity contribution in [3.8, 4) is 11.5 Å². The van der Waals surface area contributed by atoms with Gasteiger partial charge in [-0.05, 0) is 55.1 Å². The van der Waals surface area contributed by atoms with Crippen molar-refractivity contribution in [3.05, 3.63) is 35.1 Å². The van der Waals surface area contributed by atoms with Crippen molar-refractivity contribution < 1.29 is 38.4 Å². The van der Waals surface area contributed by atoms with Crippen LogP contribution in [0.2, 0.25) is 0 Å². The van der Waals surface area contributed by atoms with Crippen LogP contribution in [0.1, 0.15) is 56.6 Å². The Bertz CT molecular complexity index is 992. The van der Waals surface area contributed by atoms with Crippen LogP contribution in [0.3, 0.4) is 0 Å². The average Bonchev–Trinajstić information content (AvgIpc) is 3.41. The van der Waals surface area contributed by atoms with E-state index in [9.17, 15) is 14.7 Å². The number of aliphatic hydroxyl groups is 1. The molecule has 35 heavy (non-hydrogen) atoms. The van der Waals surface area contributed by atoms with Crippen molar-refractivity contribution >= 4 is 11.9 Å². The number of hydrogen-bond donors (Lipinski definition) is 1. The van der Waals surface area contributed by atoms with E-state index in [-0.39, 0.29) is 25.2 Å². The van der Waals surface area contributed by atoms with Gasteiger partial charge in [-0.1, -0.05) is 20.3 Å². The number of carbonyl (C=O) groups is 2. The van der Waals surface area contributed by atoms with E-state index in [0.29, 0.717) is 23.7 Å². The molecule has 1 aromatic rings. The van der Waals surface area contributed by atoms with E-state index in [0.717, 1.165) is 37.1 Å². The standard InChI is InChI=1S/C26H35NO8/c1-5-8-26(30,14-22(28)32-4)25(29)35-24-21(31-3)13-18-23(24)17-12-20-19(33-15-34-20)11-16(17)7-10-27(18)9-6-2/h11-13,18,23-24,30H,5-10,14-15H2,1-4H3/t18-,23-,24+,26+/m0/s1.